The Labute approximate surface area is 113 Å². The maximum Gasteiger partial charge on any atom is 0.289 e. The average molecular weight is 270 g/mol. The van der Waals surface area contributed by atoms with Crippen molar-refractivity contribution in [2.75, 3.05) is 52.6 Å². The molecule has 1 N–H and O–H groups in total. The van der Waals surface area contributed by atoms with Crippen LogP contribution >= 0.6 is 0 Å². The van der Waals surface area contributed by atoms with Crippen LogP contribution in [0.3, 0.4) is 0 Å². The lowest BCUT2D eigenvalue weighted by molar-refractivity contribution is -0.122. The first-order valence-electron chi connectivity index (χ1n) is 6.82. The first-order chi connectivity index (χ1) is 9.27. The van der Waals surface area contributed by atoms with E-state index in [9.17, 15) is 4.79 Å². The van der Waals surface area contributed by atoms with Gasteiger partial charge in [0.15, 0.2) is 0 Å². The molecule has 108 valence electrons. The second-order valence-electron chi connectivity index (χ2n) is 4.65. The van der Waals surface area contributed by atoms with E-state index < -0.39 is 0 Å². The Balaban J connectivity index is 1.63. The number of nitrogens with one attached hydrogen (secondary N) is 1. The van der Waals surface area contributed by atoms with Gasteiger partial charge in [-0.2, -0.15) is 0 Å². The summed E-state index contributed by atoms with van der Waals surface area (Å²) in [6.45, 7) is 7.92. The molecule has 6 heteroatoms. The van der Waals surface area contributed by atoms with Gasteiger partial charge in [0.25, 0.3) is 5.91 Å². The smallest absolute Gasteiger partial charge is 0.289 e. The van der Waals surface area contributed by atoms with Gasteiger partial charge in [-0.3, -0.25) is 9.69 Å². The standard InChI is InChI=1S/C13H22N2O4/c1-11-12(19-10-9-18-11)13(16)14-3-2-4-15-5-7-17-8-6-15/h2-10H2,1H3,(H,14,16). The van der Waals surface area contributed by atoms with Gasteiger partial charge in [0.05, 0.1) is 13.2 Å². The summed E-state index contributed by atoms with van der Waals surface area (Å²) < 4.78 is 15.9. The minimum atomic E-state index is -0.181. The van der Waals surface area contributed by atoms with Gasteiger partial charge in [0.1, 0.15) is 19.0 Å². The fourth-order valence-corrected chi connectivity index (χ4v) is 2.14. The van der Waals surface area contributed by atoms with Crippen LogP contribution in [0.4, 0.5) is 0 Å². The summed E-state index contributed by atoms with van der Waals surface area (Å²) in [6.07, 6.45) is 0.929. The van der Waals surface area contributed by atoms with Crippen molar-refractivity contribution in [2.24, 2.45) is 0 Å². The normalized spacial score (nSPS) is 20.7. The van der Waals surface area contributed by atoms with Gasteiger partial charge >= 0.3 is 0 Å². The molecule has 2 heterocycles. The van der Waals surface area contributed by atoms with Crippen molar-refractivity contribution in [3.8, 4) is 0 Å². The molecular weight excluding hydrogens is 248 g/mol. The Hall–Kier alpha value is -1.27. The van der Waals surface area contributed by atoms with E-state index in [1.807, 2.05) is 0 Å². The van der Waals surface area contributed by atoms with Crippen molar-refractivity contribution in [3.63, 3.8) is 0 Å². The summed E-state index contributed by atoms with van der Waals surface area (Å²) >= 11 is 0. The molecule has 0 radical (unpaired) electrons. The summed E-state index contributed by atoms with van der Waals surface area (Å²) in [5.74, 6) is 0.703. The summed E-state index contributed by atoms with van der Waals surface area (Å²) in [5, 5.41) is 2.86. The fraction of sp³-hybridized carbons (Fsp3) is 0.769. The van der Waals surface area contributed by atoms with Crippen LogP contribution in [0, 0.1) is 0 Å². The molecule has 0 bridgehead atoms. The van der Waals surface area contributed by atoms with E-state index in [0.717, 1.165) is 39.3 Å². The molecule has 2 rings (SSSR count). The van der Waals surface area contributed by atoms with Crippen LogP contribution in [0.1, 0.15) is 13.3 Å². The van der Waals surface area contributed by atoms with Crippen molar-refractivity contribution in [1.82, 2.24) is 10.2 Å². The number of carbonyl (C=O) groups is 1. The van der Waals surface area contributed by atoms with Crippen LogP contribution < -0.4 is 5.32 Å². The van der Waals surface area contributed by atoms with E-state index in [2.05, 4.69) is 10.2 Å². The largest absolute Gasteiger partial charge is 0.491 e. The van der Waals surface area contributed by atoms with Gasteiger partial charge in [-0.1, -0.05) is 0 Å². The van der Waals surface area contributed by atoms with E-state index in [0.29, 0.717) is 31.3 Å². The molecule has 0 saturated carbocycles. The van der Waals surface area contributed by atoms with E-state index in [-0.39, 0.29) is 5.91 Å². The second-order valence-corrected chi connectivity index (χ2v) is 4.65. The van der Waals surface area contributed by atoms with Crippen LogP contribution in [0.25, 0.3) is 0 Å². The van der Waals surface area contributed by atoms with E-state index in [4.69, 9.17) is 14.2 Å². The molecule has 0 unspecified atom stereocenters. The molecule has 2 aliphatic rings. The first-order valence-corrected chi connectivity index (χ1v) is 6.82. The quantitative estimate of drug-likeness (QED) is 0.718. The molecule has 1 saturated heterocycles. The summed E-state index contributed by atoms with van der Waals surface area (Å²) in [5.41, 5.74) is 0. The second kappa shape index (κ2) is 7.35. The number of nitrogens with zero attached hydrogens (tertiary/aromatic N) is 1. The molecule has 2 aliphatic heterocycles. The zero-order chi connectivity index (χ0) is 13.5. The van der Waals surface area contributed by atoms with Gasteiger partial charge in [-0.05, 0) is 19.9 Å². The third-order valence-electron chi connectivity index (χ3n) is 3.21. The molecular formula is C13H22N2O4. The fourth-order valence-electron chi connectivity index (χ4n) is 2.14. The zero-order valence-corrected chi connectivity index (χ0v) is 11.4. The van der Waals surface area contributed by atoms with Gasteiger partial charge in [-0.25, -0.2) is 0 Å². The average Bonchev–Trinajstić information content (AvgIpc) is 2.45. The summed E-state index contributed by atoms with van der Waals surface area (Å²) in [4.78, 5) is 14.2. The Morgan fingerprint density at radius 3 is 2.68 bits per heavy atom. The number of amides is 1. The number of allylic oxidation sites excluding steroid dienone is 1. The molecule has 6 nitrogen and oxygen atoms in total. The summed E-state index contributed by atoms with van der Waals surface area (Å²) in [7, 11) is 0. The Morgan fingerprint density at radius 2 is 1.95 bits per heavy atom. The third kappa shape index (κ3) is 4.40. The van der Waals surface area contributed by atoms with Gasteiger partial charge < -0.3 is 19.5 Å². The number of hydrogen-bond donors (Lipinski definition) is 1. The van der Waals surface area contributed by atoms with Crippen molar-refractivity contribution >= 4 is 5.91 Å². The van der Waals surface area contributed by atoms with Gasteiger partial charge in [-0.15, -0.1) is 0 Å². The molecule has 19 heavy (non-hydrogen) atoms. The van der Waals surface area contributed by atoms with E-state index in [1.54, 1.807) is 6.92 Å². The Kier molecular flexibility index (Phi) is 5.47. The number of ether oxygens (including phenoxy) is 3. The predicted octanol–water partition coefficient (Wildman–Crippen LogP) is 0.103. The molecule has 0 aromatic heterocycles. The van der Waals surface area contributed by atoms with Gasteiger partial charge in [0, 0.05) is 19.6 Å². The highest BCUT2D eigenvalue weighted by atomic mass is 16.6. The maximum atomic E-state index is 11.9. The van der Waals surface area contributed by atoms with Crippen LogP contribution in [-0.4, -0.2) is 63.4 Å². The van der Waals surface area contributed by atoms with Crippen LogP contribution in [0.2, 0.25) is 0 Å². The molecule has 0 atom stereocenters. The van der Waals surface area contributed by atoms with Crippen LogP contribution in [0.15, 0.2) is 11.5 Å². The van der Waals surface area contributed by atoms with Gasteiger partial charge in [0.2, 0.25) is 5.76 Å². The lowest BCUT2D eigenvalue weighted by Crippen LogP contribution is -2.38. The molecule has 0 aliphatic carbocycles. The molecule has 0 aromatic carbocycles. The minimum Gasteiger partial charge on any atom is -0.491 e. The van der Waals surface area contributed by atoms with Crippen molar-refractivity contribution < 1.29 is 19.0 Å². The van der Waals surface area contributed by atoms with E-state index in [1.165, 1.54) is 0 Å². The number of rotatable bonds is 5. The van der Waals surface area contributed by atoms with Crippen molar-refractivity contribution in [1.29, 1.82) is 0 Å². The SMILES string of the molecule is CC1=C(C(=O)NCCCN2CCOCC2)OCCO1. The Bertz CT molecular complexity index is 338. The maximum absolute atomic E-state index is 11.9. The number of morpholine rings is 1. The number of carbonyl (C=O) groups excluding carboxylic acids is 1. The lowest BCUT2D eigenvalue weighted by atomic mass is 10.3. The lowest BCUT2D eigenvalue weighted by Gasteiger charge is -2.26. The highest BCUT2D eigenvalue weighted by molar-refractivity contribution is 5.91. The highest BCUT2D eigenvalue weighted by Gasteiger charge is 2.19. The van der Waals surface area contributed by atoms with Crippen LogP contribution in [0.5, 0.6) is 0 Å². The third-order valence-corrected chi connectivity index (χ3v) is 3.21. The highest BCUT2D eigenvalue weighted by Crippen LogP contribution is 2.12. The monoisotopic (exact) mass is 270 g/mol. The molecule has 1 fully saturated rings. The molecule has 0 aromatic rings. The first kappa shape index (κ1) is 14.1. The van der Waals surface area contributed by atoms with Crippen molar-refractivity contribution in [3.05, 3.63) is 11.5 Å². The predicted molar refractivity (Wildman–Crippen MR) is 69.5 cm³/mol. The van der Waals surface area contributed by atoms with E-state index >= 15 is 0 Å². The Morgan fingerprint density at radius 1 is 1.21 bits per heavy atom. The van der Waals surface area contributed by atoms with Crippen molar-refractivity contribution in [2.45, 2.75) is 13.3 Å². The molecule has 0 spiro atoms. The number of hydrogen-bond acceptors (Lipinski definition) is 5. The minimum absolute atomic E-state index is 0.181. The molecule has 1 amide bonds. The van der Waals surface area contributed by atoms with Crippen LogP contribution in [-0.2, 0) is 19.0 Å². The topological polar surface area (TPSA) is 60.0 Å². The zero-order valence-electron chi connectivity index (χ0n) is 11.4. The summed E-state index contributed by atoms with van der Waals surface area (Å²) in [6, 6.07) is 0.